The smallest absolute Gasteiger partial charge is 0.145 e. The summed E-state index contributed by atoms with van der Waals surface area (Å²) in [4.78, 5) is 6.96. The van der Waals surface area contributed by atoms with Crippen molar-refractivity contribution in [2.24, 2.45) is 0 Å². The first-order chi connectivity index (χ1) is 17.6. The van der Waals surface area contributed by atoms with Gasteiger partial charge < -0.3 is 18.9 Å². The van der Waals surface area contributed by atoms with Crippen molar-refractivity contribution < 1.29 is 9.26 Å². The predicted octanol–water partition coefficient (Wildman–Crippen LogP) is 7.52. The molecule has 2 aliphatic rings. The molecule has 186 valence electrons. The van der Waals surface area contributed by atoms with E-state index in [1.165, 1.54) is 5.69 Å². The average Bonchev–Trinajstić information content (AvgIpc) is 3.67. The van der Waals surface area contributed by atoms with Crippen LogP contribution in [0.15, 0.2) is 53.2 Å². The van der Waals surface area contributed by atoms with Gasteiger partial charge in [-0.25, -0.2) is 0 Å². The molecule has 2 fully saturated rings. The maximum atomic E-state index is 6.49. The predicted molar refractivity (Wildman–Crippen MR) is 148 cm³/mol. The molecule has 4 aromatic rings. The molecule has 1 aliphatic heterocycles. The maximum absolute atomic E-state index is 6.49. The normalized spacial score (nSPS) is 16.6. The summed E-state index contributed by atoms with van der Waals surface area (Å²) in [5.74, 6) is 1.33. The number of nitrogens with one attached hydrogen (secondary N) is 1. The van der Waals surface area contributed by atoms with Gasteiger partial charge in [0.05, 0.1) is 40.2 Å². The minimum absolute atomic E-state index is 0.167. The van der Waals surface area contributed by atoms with Gasteiger partial charge in [0, 0.05) is 41.2 Å². The lowest BCUT2D eigenvalue weighted by atomic mass is 10.0. The summed E-state index contributed by atoms with van der Waals surface area (Å²) in [6.07, 6.45) is 6.08. The van der Waals surface area contributed by atoms with Crippen LogP contribution in [0.1, 0.15) is 42.9 Å². The van der Waals surface area contributed by atoms with Crippen LogP contribution in [0.25, 0.3) is 22.2 Å². The molecule has 2 aromatic heterocycles. The number of hydrogen-bond donors (Lipinski definition) is 2. The van der Waals surface area contributed by atoms with E-state index < -0.39 is 0 Å². The molecule has 1 N–H and O–H groups in total. The molecule has 9 heteroatoms. The van der Waals surface area contributed by atoms with Crippen molar-refractivity contribution in [1.29, 1.82) is 0 Å². The lowest BCUT2D eigenvalue weighted by Gasteiger charge is -2.33. The third-order valence-electron chi connectivity index (χ3n) is 7.03. The molecule has 0 amide bonds. The number of piperidine rings is 1. The van der Waals surface area contributed by atoms with E-state index >= 15 is 0 Å². The Kier molecular flexibility index (Phi) is 6.73. The van der Waals surface area contributed by atoms with Gasteiger partial charge in [-0.2, -0.15) is 0 Å². The van der Waals surface area contributed by atoms with Gasteiger partial charge in [0.2, 0.25) is 0 Å². The van der Waals surface area contributed by atoms with Crippen molar-refractivity contribution >= 4 is 58.3 Å². The maximum Gasteiger partial charge on any atom is 0.145 e. The zero-order valence-corrected chi connectivity index (χ0v) is 22.0. The molecule has 36 heavy (non-hydrogen) atoms. The van der Waals surface area contributed by atoms with Crippen LogP contribution < -0.4 is 9.62 Å². The Morgan fingerprint density at radius 3 is 2.56 bits per heavy atom. The minimum Gasteiger partial charge on any atom is -0.373 e. The van der Waals surface area contributed by atoms with Crippen LogP contribution in [0, 0.1) is 0 Å². The molecular formula is C27H26Cl2N4O2S. The Hall–Kier alpha value is -2.45. The van der Waals surface area contributed by atoms with Crippen LogP contribution in [0.4, 0.5) is 11.4 Å². The van der Waals surface area contributed by atoms with E-state index in [2.05, 4.69) is 50.8 Å². The third kappa shape index (κ3) is 4.77. The summed E-state index contributed by atoms with van der Waals surface area (Å²) in [5, 5.41) is 6.59. The van der Waals surface area contributed by atoms with Crippen molar-refractivity contribution in [3.05, 3.63) is 70.0 Å². The van der Waals surface area contributed by atoms with E-state index in [9.17, 15) is 0 Å². The van der Waals surface area contributed by atoms with Gasteiger partial charge in [0.15, 0.2) is 0 Å². The van der Waals surface area contributed by atoms with E-state index in [0.29, 0.717) is 33.8 Å². The number of hydrogen-bond acceptors (Lipinski definition) is 7. The summed E-state index contributed by atoms with van der Waals surface area (Å²) >= 11 is 17.1. The lowest BCUT2D eigenvalue weighted by Crippen LogP contribution is -2.37. The van der Waals surface area contributed by atoms with Gasteiger partial charge in [0.25, 0.3) is 0 Å². The molecule has 1 saturated carbocycles. The van der Waals surface area contributed by atoms with Crippen LogP contribution in [-0.2, 0) is 11.3 Å². The van der Waals surface area contributed by atoms with Crippen molar-refractivity contribution in [3.63, 3.8) is 0 Å². The van der Waals surface area contributed by atoms with Crippen LogP contribution >= 0.6 is 36.0 Å². The lowest BCUT2D eigenvalue weighted by molar-refractivity contribution is 0.0246. The zero-order valence-electron chi connectivity index (χ0n) is 19.6. The molecule has 1 saturated heterocycles. The molecule has 6 nitrogen and oxygen atoms in total. The molecular weight excluding hydrogens is 515 g/mol. The highest BCUT2D eigenvalue weighted by molar-refractivity contribution is 7.81. The number of aromatic nitrogens is 2. The van der Waals surface area contributed by atoms with E-state index in [1.807, 2.05) is 24.3 Å². The number of ether oxygens (including phenoxy) is 1. The SMILES string of the molecule is SNc1cnc2cc(N3CCC(OCc4c(-c5c(Cl)cccc5Cl)noc4C4CC4)CC3)ccc2c1. The van der Waals surface area contributed by atoms with E-state index in [-0.39, 0.29) is 6.10 Å². The summed E-state index contributed by atoms with van der Waals surface area (Å²) in [6, 6.07) is 14.0. The molecule has 0 radical (unpaired) electrons. The second-order valence-electron chi connectivity index (χ2n) is 9.46. The van der Waals surface area contributed by atoms with Gasteiger partial charge >= 0.3 is 0 Å². The fraction of sp³-hybridized carbons (Fsp3) is 0.333. The second-order valence-corrected chi connectivity index (χ2v) is 10.5. The van der Waals surface area contributed by atoms with E-state index in [4.69, 9.17) is 32.5 Å². The Labute approximate surface area is 225 Å². The first-order valence-corrected chi connectivity index (χ1v) is 13.4. The summed E-state index contributed by atoms with van der Waals surface area (Å²) in [6.45, 7) is 2.29. The molecule has 6 rings (SSSR count). The van der Waals surface area contributed by atoms with Crippen LogP contribution in [0.2, 0.25) is 10.0 Å². The van der Waals surface area contributed by atoms with Gasteiger partial charge in [0.1, 0.15) is 11.5 Å². The number of nitrogens with zero attached hydrogens (tertiary/aromatic N) is 3. The Morgan fingerprint density at radius 2 is 1.83 bits per heavy atom. The highest BCUT2D eigenvalue weighted by atomic mass is 35.5. The molecule has 0 unspecified atom stereocenters. The van der Waals surface area contributed by atoms with Gasteiger partial charge in [-0.1, -0.05) is 53.3 Å². The van der Waals surface area contributed by atoms with E-state index in [1.54, 1.807) is 6.20 Å². The second kappa shape index (κ2) is 10.1. The number of pyridine rings is 1. The molecule has 0 spiro atoms. The third-order valence-corrected chi connectivity index (χ3v) is 7.92. The Morgan fingerprint density at radius 1 is 1.06 bits per heavy atom. The van der Waals surface area contributed by atoms with Crippen LogP contribution in [0.3, 0.4) is 0 Å². The number of thiol groups is 1. The summed E-state index contributed by atoms with van der Waals surface area (Å²) < 4.78 is 15.0. The molecule has 0 bridgehead atoms. The fourth-order valence-corrected chi connectivity index (χ4v) is 5.60. The molecule has 0 atom stereocenters. The molecule has 3 heterocycles. The Bertz CT molecular complexity index is 1380. The van der Waals surface area contributed by atoms with Crippen LogP contribution in [-0.4, -0.2) is 29.3 Å². The summed E-state index contributed by atoms with van der Waals surface area (Å²) in [5.41, 5.74) is 5.44. The van der Waals surface area contributed by atoms with Crippen molar-refractivity contribution in [2.45, 2.75) is 44.3 Å². The van der Waals surface area contributed by atoms with Crippen LogP contribution in [0.5, 0.6) is 0 Å². The van der Waals surface area contributed by atoms with Gasteiger partial charge in [-0.15, -0.1) is 0 Å². The number of benzene rings is 2. The first-order valence-electron chi connectivity index (χ1n) is 12.2. The molecule has 2 aromatic carbocycles. The fourth-order valence-electron chi connectivity index (χ4n) is 4.90. The number of rotatable bonds is 7. The standard InChI is InChI=1S/C27H26Cl2N4O2S/c28-22-2-1-3-23(29)25(22)26-21(27(35-31-26)16-4-5-16)15-34-20-8-10-33(11-9-20)19-7-6-17-12-18(32-36)14-30-24(17)13-19/h1-3,6-7,12-14,16,20,32,36H,4-5,8-11,15H2. The number of anilines is 2. The first kappa shape index (κ1) is 23.9. The minimum atomic E-state index is 0.167. The quantitative estimate of drug-likeness (QED) is 0.236. The Balaban J connectivity index is 1.14. The highest BCUT2D eigenvalue weighted by Gasteiger charge is 2.34. The van der Waals surface area contributed by atoms with Gasteiger partial charge in [-0.3, -0.25) is 4.98 Å². The largest absolute Gasteiger partial charge is 0.373 e. The van der Waals surface area contributed by atoms with E-state index in [0.717, 1.165) is 66.7 Å². The number of fused-ring (bicyclic) bond motifs is 1. The zero-order chi connectivity index (χ0) is 24.6. The average molecular weight is 542 g/mol. The summed E-state index contributed by atoms with van der Waals surface area (Å²) in [7, 11) is 0. The molecule has 1 aliphatic carbocycles. The monoisotopic (exact) mass is 540 g/mol. The van der Waals surface area contributed by atoms with Gasteiger partial charge in [-0.05, 0) is 56.0 Å². The highest BCUT2D eigenvalue weighted by Crippen LogP contribution is 2.46. The van der Waals surface area contributed by atoms with Crippen molar-refractivity contribution in [3.8, 4) is 11.3 Å². The van der Waals surface area contributed by atoms with Crippen molar-refractivity contribution in [1.82, 2.24) is 10.1 Å². The van der Waals surface area contributed by atoms with Crippen molar-refractivity contribution in [2.75, 3.05) is 22.7 Å². The topological polar surface area (TPSA) is 63.4 Å². The number of halogens is 2.